The average Bonchev–Trinajstić information content (AvgIpc) is 3.44. The van der Waals surface area contributed by atoms with E-state index in [2.05, 4.69) is 77.1 Å². The molecule has 1 aromatic carbocycles. The van der Waals surface area contributed by atoms with Crippen LogP contribution in [0.15, 0.2) is 24.3 Å². The number of benzene rings is 1. The van der Waals surface area contributed by atoms with Crippen molar-refractivity contribution in [3.63, 3.8) is 0 Å². The minimum absolute atomic E-state index is 0.102. The molecule has 2 fully saturated rings. The highest BCUT2D eigenvalue weighted by atomic mass is 16.2. The molecule has 0 aliphatic carbocycles. The molecule has 1 amide bonds. The lowest BCUT2D eigenvalue weighted by atomic mass is 9.95. The Hall–Kier alpha value is -3.00. The fourth-order valence-electron chi connectivity index (χ4n) is 5.76. The van der Waals surface area contributed by atoms with E-state index in [1.807, 2.05) is 11.6 Å². The van der Waals surface area contributed by atoms with Crippen LogP contribution in [0.1, 0.15) is 36.2 Å². The number of nitrogens with zero attached hydrogens (tertiary/aromatic N) is 7. The van der Waals surface area contributed by atoms with E-state index in [-0.39, 0.29) is 5.92 Å². The molecular formula is C27H37N7O. The minimum atomic E-state index is 0.102. The number of carbonyl (C=O) groups is 1. The van der Waals surface area contributed by atoms with Gasteiger partial charge < -0.3 is 14.7 Å². The van der Waals surface area contributed by atoms with Gasteiger partial charge in [-0.1, -0.05) is 17.7 Å². The van der Waals surface area contributed by atoms with E-state index in [1.54, 1.807) is 0 Å². The zero-order chi connectivity index (χ0) is 24.7. The van der Waals surface area contributed by atoms with Crippen LogP contribution in [0.4, 0.5) is 5.82 Å². The molecule has 2 saturated heterocycles. The van der Waals surface area contributed by atoms with Gasteiger partial charge in [-0.15, -0.1) is 5.10 Å². The number of likely N-dealkylation sites (tertiary alicyclic amines) is 1. The maximum Gasteiger partial charge on any atom is 0.225 e. The predicted molar refractivity (Wildman–Crippen MR) is 139 cm³/mol. The van der Waals surface area contributed by atoms with Crippen LogP contribution in [0.3, 0.4) is 0 Å². The van der Waals surface area contributed by atoms with Crippen LogP contribution in [0.2, 0.25) is 0 Å². The zero-order valence-corrected chi connectivity index (χ0v) is 21.7. The van der Waals surface area contributed by atoms with Gasteiger partial charge in [-0.05, 0) is 72.2 Å². The zero-order valence-electron chi connectivity index (χ0n) is 21.7. The van der Waals surface area contributed by atoms with Gasteiger partial charge in [0.05, 0.1) is 22.5 Å². The molecule has 35 heavy (non-hydrogen) atoms. The number of anilines is 1. The molecule has 8 heteroatoms. The highest BCUT2D eigenvalue weighted by molar-refractivity contribution is 5.92. The van der Waals surface area contributed by atoms with Crippen LogP contribution in [0, 0.1) is 32.6 Å². The third kappa shape index (κ3) is 4.63. The molecule has 2 aliphatic heterocycles. The van der Waals surface area contributed by atoms with Crippen LogP contribution in [0.5, 0.6) is 0 Å². The Labute approximate surface area is 207 Å². The number of fused-ring (bicyclic) bond motifs is 1. The largest absolute Gasteiger partial charge is 0.353 e. The highest BCUT2D eigenvalue weighted by Crippen LogP contribution is 2.32. The molecule has 3 aromatic rings. The van der Waals surface area contributed by atoms with Gasteiger partial charge in [-0.25, -0.2) is 4.68 Å². The molecule has 8 nitrogen and oxygen atoms in total. The number of carbonyl (C=O) groups excluding carboxylic acids is 1. The third-order valence-corrected chi connectivity index (χ3v) is 7.63. The van der Waals surface area contributed by atoms with Crippen molar-refractivity contribution >= 4 is 22.6 Å². The molecule has 5 rings (SSSR count). The van der Waals surface area contributed by atoms with E-state index in [4.69, 9.17) is 5.10 Å². The van der Waals surface area contributed by atoms with Crippen LogP contribution in [-0.4, -0.2) is 82.5 Å². The lowest BCUT2D eigenvalue weighted by molar-refractivity contribution is -0.135. The minimum Gasteiger partial charge on any atom is -0.353 e. The molecule has 0 N–H and O–H groups in total. The van der Waals surface area contributed by atoms with Crippen molar-refractivity contribution in [2.45, 2.75) is 40.0 Å². The maximum atomic E-state index is 13.2. The summed E-state index contributed by atoms with van der Waals surface area (Å²) < 4.78 is 2.00. The molecule has 0 radical (unpaired) electrons. The van der Waals surface area contributed by atoms with Crippen LogP contribution in [-0.2, 0) is 4.79 Å². The summed E-state index contributed by atoms with van der Waals surface area (Å²) in [5.41, 5.74) is 5.13. The van der Waals surface area contributed by atoms with Crippen molar-refractivity contribution in [1.29, 1.82) is 0 Å². The van der Waals surface area contributed by atoms with Gasteiger partial charge in [0.1, 0.15) is 5.52 Å². The number of hydrogen-bond donors (Lipinski definition) is 0. The predicted octanol–water partition coefficient (Wildman–Crippen LogP) is 3.37. The summed E-state index contributed by atoms with van der Waals surface area (Å²) in [5, 5.41) is 15.1. The van der Waals surface area contributed by atoms with E-state index < -0.39 is 0 Å². The third-order valence-electron chi connectivity index (χ3n) is 7.63. The normalized spacial score (nSPS) is 19.3. The molecule has 0 spiro atoms. The second-order valence-corrected chi connectivity index (χ2v) is 10.6. The van der Waals surface area contributed by atoms with E-state index in [0.717, 1.165) is 85.8 Å². The fraction of sp³-hybridized carbons (Fsp3) is 0.556. The van der Waals surface area contributed by atoms with Gasteiger partial charge in [0.15, 0.2) is 5.82 Å². The second-order valence-electron chi connectivity index (χ2n) is 10.6. The molecular weight excluding hydrogens is 438 g/mol. The molecule has 1 atom stereocenters. The fourth-order valence-corrected chi connectivity index (χ4v) is 5.76. The van der Waals surface area contributed by atoms with Crippen molar-refractivity contribution in [3.8, 4) is 5.69 Å². The quantitative estimate of drug-likeness (QED) is 0.564. The van der Waals surface area contributed by atoms with Crippen molar-refractivity contribution < 1.29 is 4.79 Å². The second kappa shape index (κ2) is 9.57. The standard InChI is InChI=1S/C27H37N7O/c1-18-6-8-23(9-7-18)34-20(3)24-19(2)28-29-26(25(24)30-34)32-14-11-22(12-15-32)27(35)33-13-10-21(17-33)16-31(4)5/h6-9,21-22H,10-17H2,1-5H3/t21-/m1/s1. The first-order valence-corrected chi connectivity index (χ1v) is 12.8. The lowest BCUT2D eigenvalue weighted by Gasteiger charge is -2.33. The summed E-state index contributed by atoms with van der Waals surface area (Å²) in [7, 11) is 4.22. The summed E-state index contributed by atoms with van der Waals surface area (Å²) in [6.07, 6.45) is 2.81. The number of hydrogen-bond acceptors (Lipinski definition) is 6. The lowest BCUT2D eigenvalue weighted by Crippen LogP contribution is -2.42. The Kier molecular flexibility index (Phi) is 6.49. The van der Waals surface area contributed by atoms with E-state index in [0.29, 0.717) is 11.8 Å². The first-order chi connectivity index (χ1) is 16.8. The molecule has 0 saturated carbocycles. The molecule has 0 bridgehead atoms. The summed E-state index contributed by atoms with van der Waals surface area (Å²) >= 11 is 0. The Morgan fingerprint density at radius 1 is 1.00 bits per heavy atom. The molecule has 2 aromatic heterocycles. The monoisotopic (exact) mass is 475 g/mol. The van der Waals surface area contributed by atoms with Gasteiger partial charge in [-0.3, -0.25) is 4.79 Å². The molecule has 4 heterocycles. The van der Waals surface area contributed by atoms with Crippen LogP contribution >= 0.6 is 0 Å². The number of amides is 1. The molecule has 0 unspecified atom stereocenters. The smallest absolute Gasteiger partial charge is 0.225 e. The topological polar surface area (TPSA) is 70.4 Å². The van der Waals surface area contributed by atoms with Crippen LogP contribution in [0.25, 0.3) is 16.6 Å². The summed E-state index contributed by atoms with van der Waals surface area (Å²) in [6.45, 7) is 10.6. The molecule has 2 aliphatic rings. The maximum absolute atomic E-state index is 13.2. The average molecular weight is 476 g/mol. The van der Waals surface area contributed by atoms with Gasteiger partial charge in [0.25, 0.3) is 0 Å². The Balaban J connectivity index is 1.32. The van der Waals surface area contributed by atoms with Crippen molar-refractivity contribution in [1.82, 2.24) is 29.8 Å². The van der Waals surface area contributed by atoms with Gasteiger partial charge in [0.2, 0.25) is 5.91 Å². The Morgan fingerprint density at radius 2 is 1.71 bits per heavy atom. The van der Waals surface area contributed by atoms with Gasteiger partial charge >= 0.3 is 0 Å². The van der Waals surface area contributed by atoms with Crippen molar-refractivity contribution in [2.75, 3.05) is 51.7 Å². The SMILES string of the molecule is Cc1ccc(-n2nc3c(N4CCC(C(=O)N5CC[C@H](CN(C)C)C5)CC4)nnc(C)c3c2C)cc1. The number of piperidine rings is 1. The van der Waals surface area contributed by atoms with Gasteiger partial charge in [0, 0.05) is 38.6 Å². The van der Waals surface area contributed by atoms with Crippen molar-refractivity contribution in [2.24, 2.45) is 11.8 Å². The van der Waals surface area contributed by atoms with E-state index >= 15 is 0 Å². The summed E-state index contributed by atoms with van der Waals surface area (Å²) in [5.74, 6) is 1.87. The summed E-state index contributed by atoms with van der Waals surface area (Å²) in [4.78, 5) is 19.8. The van der Waals surface area contributed by atoms with E-state index in [9.17, 15) is 4.79 Å². The van der Waals surface area contributed by atoms with E-state index in [1.165, 1.54) is 5.56 Å². The van der Waals surface area contributed by atoms with Crippen LogP contribution < -0.4 is 4.90 Å². The summed E-state index contributed by atoms with van der Waals surface area (Å²) in [6, 6.07) is 8.41. The molecule has 186 valence electrons. The Bertz CT molecular complexity index is 1210. The Morgan fingerprint density at radius 3 is 2.40 bits per heavy atom. The number of aryl methyl sites for hydroxylation is 3. The number of aromatic nitrogens is 4. The van der Waals surface area contributed by atoms with Crippen molar-refractivity contribution in [3.05, 3.63) is 41.2 Å². The first-order valence-electron chi connectivity index (χ1n) is 12.8. The highest BCUT2D eigenvalue weighted by Gasteiger charge is 2.34. The first kappa shape index (κ1) is 23.7. The number of rotatable bonds is 5. The van der Waals surface area contributed by atoms with Gasteiger partial charge in [-0.2, -0.15) is 10.2 Å².